The molecule has 0 saturated carbocycles. The van der Waals surface area contributed by atoms with Gasteiger partial charge < -0.3 is 14.5 Å². The summed E-state index contributed by atoms with van der Waals surface area (Å²) in [5.74, 6) is -0.956. The standard InChI is InChI=1S/C20H18BrNO4/c1-11-6-12(2)8-15(7-11)22-18(23)10-25-20(24)19-13(3)16-9-14(21)4-5-17(16)26-19/h4-9H,10H2,1-3H3,(H,22,23). The van der Waals surface area contributed by atoms with Gasteiger partial charge in [-0.1, -0.05) is 22.0 Å². The van der Waals surface area contributed by atoms with E-state index < -0.39 is 11.9 Å². The average molecular weight is 416 g/mol. The number of halogens is 1. The fourth-order valence-corrected chi connectivity index (χ4v) is 3.19. The zero-order valence-electron chi connectivity index (χ0n) is 14.7. The lowest BCUT2D eigenvalue weighted by atomic mass is 10.1. The lowest BCUT2D eigenvalue weighted by molar-refractivity contribution is -0.119. The van der Waals surface area contributed by atoms with Crippen molar-refractivity contribution in [2.45, 2.75) is 20.8 Å². The summed E-state index contributed by atoms with van der Waals surface area (Å²) in [7, 11) is 0. The second-order valence-electron chi connectivity index (χ2n) is 6.20. The maximum atomic E-state index is 12.3. The molecule has 0 aliphatic carbocycles. The van der Waals surface area contributed by atoms with Crippen molar-refractivity contribution in [3.63, 3.8) is 0 Å². The first-order valence-corrected chi connectivity index (χ1v) is 8.86. The van der Waals surface area contributed by atoms with E-state index >= 15 is 0 Å². The van der Waals surface area contributed by atoms with E-state index in [2.05, 4.69) is 21.2 Å². The van der Waals surface area contributed by atoms with E-state index in [1.165, 1.54) is 0 Å². The summed E-state index contributed by atoms with van der Waals surface area (Å²) in [4.78, 5) is 24.3. The number of benzene rings is 2. The number of amides is 1. The quantitative estimate of drug-likeness (QED) is 0.614. The molecule has 0 fully saturated rings. The van der Waals surface area contributed by atoms with E-state index in [4.69, 9.17) is 9.15 Å². The molecule has 1 aromatic heterocycles. The van der Waals surface area contributed by atoms with Crippen LogP contribution in [0.4, 0.5) is 5.69 Å². The second-order valence-corrected chi connectivity index (χ2v) is 7.11. The van der Waals surface area contributed by atoms with E-state index in [0.29, 0.717) is 16.8 Å². The molecular formula is C20H18BrNO4. The fourth-order valence-electron chi connectivity index (χ4n) is 2.83. The first kappa shape index (κ1) is 18.2. The van der Waals surface area contributed by atoms with Crippen molar-refractivity contribution in [2.24, 2.45) is 0 Å². The van der Waals surface area contributed by atoms with Crippen molar-refractivity contribution in [1.82, 2.24) is 0 Å². The van der Waals surface area contributed by atoms with Crippen LogP contribution in [0.25, 0.3) is 11.0 Å². The van der Waals surface area contributed by atoms with Crippen LogP contribution in [-0.2, 0) is 9.53 Å². The molecule has 1 heterocycles. The molecule has 0 bridgehead atoms. The Morgan fingerprint density at radius 2 is 1.77 bits per heavy atom. The fraction of sp³-hybridized carbons (Fsp3) is 0.200. The Hall–Kier alpha value is -2.60. The Labute approximate surface area is 159 Å². The van der Waals surface area contributed by atoms with Gasteiger partial charge in [0, 0.05) is 21.1 Å². The minimum absolute atomic E-state index is 0.109. The number of ether oxygens (including phenoxy) is 1. The van der Waals surface area contributed by atoms with Crippen LogP contribution >= 0.6 is 15.9 Å². The zero-order chi connectivity index (χ0) is 18.8. The number of hydrogen-bond acceptors (Lipinski definition) is 4. The van der Waals surface area contributed by atoms with Gasteiger partial charge in [0.25, 0.3) is 5.91 Å². The van der Waals surface area contributed by atoms with Crippen LogP contribution in [0.3, 0.4) is 0 Å². The number of rotatable bonds is 4. The summed E-state index contributed by atoms with van der Waals surface area (Å²) >= 11 is 3.39. The van der Waals surface area contributed by atoms with Gasteiger partial charge in [-0.25, -0.2) is 4.79 Å². The molecule has 134 valence electrons. The van der Waals surface area contributed by atoms with E-state index in [9.17, 15) is 9.59 Å². The first-order valence-electron chi connectivity index (χ1n) is 8.07. The molecule has 1 N–H and O–H groups in total. The number of carbonyl (C=O) groups excluding carboxylic acids is 2. The summed E-state index contributed by atoms with van der Waals surface area (Å²) in [5.41, 5.74) is 4.04. The molecule has 0 saturated heterocycles. The van der Waals surface area contributed by atoms with Crippen LogP contribution in [0, 0.1) is 20.8 Å². The van der Waals surface area contributed by atoms with Crippen molar-refractivity contribution < 1.29 is 18.7 Å². The Balaban J connectivity index is 1.67. The highest BCUT2D eigenvalue weighted by Crippen LogP contribution is 2.28. The molecule has 26 heavy (non-hydrogen) atoms. The van der Waals surface area contributed by atoms with Crippen LogP contribution < -0.4 is 5.32 Å². The van der Waals surface area contributed by atoms with Crippen molar-refractivity contribution in [3.8, 4) is 0 Å². The molecule has 0 radical (unpaired) electrons. The summed E-state index contributed by atoms with van der Waals surface area (Å²) < 4.78 is 11.6. The molecular weight excluding hydrogens is 398 g/mol. The molecule has 5 nitrogen and oxygen atoms in total. The van der Waals surface area contributed by atoms with Crippen molar-refractivity contribution in [3.05, 3.63) is 63.3 Å². The molecule has 0 atom stereocenters. The van der Waals surface area contributed by atoms with Crippen LogP contribution in [0.5, 0.6) is 0 Å². The van der Waals surface area contributed by atoms with E-state index in [-0.39, 0.29) is 12.4 Å². The van der Waals surface area contributed by atoms with Crippen LogP contribution in [-0.4, -0.2) is 18.5 Å². The van der Waals surface area contributed by atoms with Crippen LogP contribution in [0.2, 0.25) is 0 Å². The average Bonchev–Trinajstić information content (AvgIpc) is 2.88. The third-order valence-electron chi connectivity index (χ3n) is 3.92. The molecule has 0 aliphatic heterocycles. The topological polar surface area (TPSA) is 68.5 Å². The second kappa shape index (κ2) is 7.33. The number of carbonyl (C=O) groups is 2. The van der Waals surface area contributed by atoms with Crippen molar-refractivity contribution in [1.29, 1.82) is 0 Å². The normalized spacial score (nSPS) is 10.8. The number of nitrogens with one attached hydrogen (secondary N) is 1. The summed E-state index contributed by atoms with van der Waals surface area (Å²) in [6, 6.07) is 11.2. The summed E-state index contributed by atoms with van der Waals surface area (Å²) in [6.07, 6.45) is 0. The van der Waals surface area contributed by atoms with Crippen molar-refractivity contribution in [2.75, 3.05) is 11.9 Å². The van der Waals surface area contributed by atoms with Gasteiger partial charge in [-0.15, -0.1) is 0 Å². The maximum absolute atomic E-state index is 12.3. The number of hydrogen-bond donors (Lipinski definition) is 1. The van der Waals surface area contributed by atoms with E-state index in [1.807, 2.05) is 44.2 Å². The van der Waals surface area contributed by atoms with Crippen molar-refractivity contribution >= 4 is 44.5 Å². The number of aryl methyl sites for hydroxylation is 3. The van der Waals surface area contributed by atoms with Gasteiger partial charge in [0.15, 0.2) is 6.61 Å². The van der Waals surface area contributed by atoms with Crippen LogP contribution in [0.15, 0.2) is 45.3 Å². The van der Waals surface area contributed by atoms with E-state index in [1.54, 1.807) is 13.0 Å². The number of fused-ring (bicyclic) bond motifs is 1. The molecule has 6 heteroatoms. The first-order chi connectivity index (χ1) is 12.3. The molecule has 2 aromatic carbocycles. The number of furan rings is 1. The molecule has 0 aliphatic rings. The Bertz CT molecular complexity index is 986. The van der Waals surface area contributed by atoms with Crippen LogP contribution in [0.1, 0.15) is 27.2 Å². The minimum atomic E-state index is -0.662. The van der Waals surface area contributed by atoms with Gasteiger partial charge in [-0.05, 0) is 62.2 Å². The largest absolute Gasteiger partial charge is 0.450 e. The highest BCUT2D eigenvalue weighted by atomic mass is 79.9. The lowest BCUT2D eigenvalue weighted by Gasteiger charge is -2.08. The Morgan fingerprint density at radius 3 is 2.46 bits per heavy atom. The highest BCUT2D eigenvalue weighted by molar-refractivity contribution is 9.10. The number of anilines is 1. The third kappa shape index (κ3) is 3.96. The van der Waals surface area contributed by atoms with Gasteiger partial charge >= 0.3 is 5.97 Å². The zero-order valence-corrected chi connectivity index (χ0v) is 16.3. The number of esters is 1. The SMILES string of the molecule is Cc1cc(C)cc(NC(=O)COC(=O)c2oc3ccc(Br)cc3c2C)c1. The molecule has 3 rings (SSSR count). The predicted octanol–water partition coefficient (Wildman–Crippen LogP) is 4.92. The maximum Gasteiger partial charge on any atom is 0.375 e. The third-order valence-corrected chi connectivity index (χ3v) is 4.42. The highest BCUT2D eigenvalue weighted by Gasteiger charge is 2.20. The molecule has 0 unspecified atom stereocenters. The molecule has 3 aromatic rings. The predicted molar refractivity (Wildman–Crippen MR) is 103 cm³/mol. The lowest BCUT2D eigenvalue weighted by Crippen LogP contribution is -2.21. The minimum Gasteiger partial charge on any atom is -0.450 e. The Kier molecular flexibility index (Phi) is 5.13. The van der Waals surface area contributed by atoms with E-state index in [0.717, 1.165) is 21.0 Å². The molecule has 0 spiro atoms. The summed E-state index contributed by atoms with van der Waals surface area (Å²) in [6.45, 7) is 5.30. The molecule has 1 amide bonds. The van der Waals surface area contributed by atoms with Gasteiger partial charge in [-0.2, -0.15) is 0 Å². The summed E-state index contributed by atoms with van der Waals surface area (Å²) in [5, 5.41) is 3.55. The van der Waals surface area contributed by atoms with Gasteiger partial charge in [0.2, 0.25) is 5.76 Å². The van der Waals surface area contributed by atoms with Gasteiger partial charge in [0.1, 0.15) is 5.58 Å². The van der Waals surface area contributed by atoms with Gasteiger partial charge in [-0.3, -0.25) is 4.79 Å². The van der Waals surface area contributed by atoms with Gasteiger partial charge in [0.05, 0.1) is 0 Å². The Morgan fingerprint density at radius 1 is 1.08 bits per heavy atom. The smallest absolute Gasteiger partial charge is 0.375 e. The monoisotopic (exact) mass is 415 g/mol.